The molecule has 0 aliphatic carbocycles. The zero-order chi connectivity index (χ0) is 17.6. The van der Waals surface area contributed by atoms with Gasteiger partial charge in [-0.05, 0) is 64.5 Å². The predicted octanol–water partition coefficient (Wildman–Crippen LogP) is 7.00. The van der Waals surface area contributed by atoms with Gasteiger partial charge in [-0.3, -0.25) is 0 Å². The Balaban J connectivity index is 2.41. The van der Waals surface area contributed by atoms with E-state index in [9.17, 15) is 0 Å². The van der Waals surface area contributed by atoms with Crippen molar-refractivity contribution >= 4 is 0 Å². The third-order valence-electron chi connectivity index (χ3n) is 5.77. The van der Waals surface area contributed by atoms with Crippen molar-refractivity contribution in [1.29, 1.82) is 0 Å². The standard InChI is InChI=1S/C23H43N/c1-5-8-9-10-11-12-13-16-22(7-3)23-17-14-15-18-24(4)20-21(6-2)19-23/h6-7,21,23H,2,5,8-20H2,1,3-4H3. The zero-order valence-electron chi connectivity index (χ0n) is 16.9. The van der Waals surface area contributed by atoms with Crippen LogP contribution >= 0.6 is 0 Å². The molecule has 2 unspecified atom stereocenters. The molecule has 24 heavy (non-hydrogen) atoms. The molecule has 0 aromatic rings. The van der Waals surface area contributed by atoms with Gasteiger partial charge in [0.25, 0.3) is 0 Å². The first-order chi connectivity index (χ1) is 11.7. The number of hydrogen-bond donors (Lipinski definition) is 0. The van der Waals surface area contributed by atoms with Crippen LogP contribution in [0.2, 0.25) is 0 Å². The monoisotopic (exact) mass is 333 g/mol. The highest BCUT2D eigenvalue weighted by Gasteiger charge is 2.20. The second kappa shape index (κ2) is 13.7. The Morgan fingerprint density at radius 3 is 2.46 bits per heavy atom. The van der Waals surface area contributed by atoms with E-state index in [1.54, 1.807) is 5.57 Å². The summed E-state index contributed by atoms with van der Waals surface area (Å²) in [5.41, 5.74) is 1.74. The fraction of sp³-hybridized carbons (Fsp3) is 0.826. The summed E-state index contributed by atoms with van der Waals surface area (Å²) in [5.74, 6) is 1.45. The van der Waals surface area contributed by atoms with Crippen LogP contribution in [0.25, 0.3) is 0 Å². The highest BCUT2D eigenvalue weighted by Crippen LogP contribution is 2.31. The molecule has 1 fully saturated rings. The lowest BCUT2D eigenvalue weighted by molar-refractivity contribution is 0.291. The average molecular weight is 334 g/mol. The van der Waals surface area contributed by atoms with Crippen LogP contribution in [0.3, 0.4) is 0 Å². The van der Waals surface area contributed by atoms with Crippen molar-refractivity contribution in [2.45, 2.75) is 90.9 Å². The minimum atomic E-state index is 0.655. The van der Waals surface area contributed by atoms with Crippen LogP contribution in [0.5, 0.6) is 0 Å². The summed E-state index contributed by atoms with van der Waals surface area (Å²) in [6, 6.07) is 0. The Bertz CT molecular complexity index is 344. The maximum atomic E-state index is 4.11. The van der Waals surface area contributed by atoms with E-state index in [1.165, 1.54) is 90.1 Å². The predicted molar refractivity (Wildman–Crippen MR) is 110 cm³/mol. The quantitative estimate of drug-likeness (QED) is 0.307. The van der Waals surface area contributed by atoms with Crippen molar-refractivity contribution in [3.05, 3.63) is 24.3 Å². The number of rotatable bonds is 10. The Labute approximate surface area is 152 Å². The number of allylic oxidation sites excluding steroid dienone is 2. The van der Waals surface area contributed by atoms with Crippen molar-refractivity contribution in [2.24, 2.45) is 11.8 Å². The highest BCUT2D eigenvalue weighted by atomic mass is 15.1. The number of unbranched alkanes of at least 4 members (excludes halogenated alkanes) is 6. The first-order valence-electron chi connectivity index (χ1n) is 10.7. The smallest absolute Gasteiger partial charge is 0.00414 e. The zero-order valence-corrected chi connectivity index (χ0v) is 16.9. The SMILES string of the molecule is C=CC1CC(C(=CC)CCCCCCCCC)CCCCN(C)C1. The largest absolute Gasteiger partial charge is 0.306 e. The highest BCUT2D eigenvalue weighted by molar-refractivity contribution is 5.07. The van der Waals surface area contributed by atoms with E-state index in [2.05, 4.69) is 44.5 Å². The van der Waals surface area contributed by atoms with Gasteiger partial charge in [0.05, 0.1) is 0 Å². The second-order valence-corrected chi connectivity index (χ2v) is 7.92. The van der Waals surface area contributed by atoms with Crippen molar-refractivity contribution in [2.75, 3.05) is 20.1 Å². The molecular formula is C23H43N. The molecule has 0 aromatic carbocycles. The van der Waals surface area contributed by atoms with Gasteiger partial charge >= 0.3 is 0 Å². The molecule has 1 saturated heterocycles. The van der Waals surface area contributed by atoms with E-state index < -0.39 is 0 Å². The van der Waals surface area contributed by atoms with E-state index in [-0.39, 0.29) is 0 Å². The minimum absolute atomic E-state index is 0.655. The van der Waals surface area contributed by atoms with E-state index in [0.29, 0.717) is 5.92 Å². The maximum Gasteiger partial charge on any atom is 0.00414 e. The summed E-state index contributed by atoms with van der Waals surface area (Å²) in [6.07, 6.45) is 21.3. The minimum Gasteiger partial charge on any atom is -0.306 e. The molecule has 1 heterocycles. The number of hydrogen-bond acceptors (Lipinski definition) is 1. The fourth-order valence-electron chi connectivity index (χ4n) is 4.20. The Morgan fingerprint density at radius 2 is 1.79 bits per heavy atom. The molecule has 0 aromatic heterocycles. The van der Waals surface area contributed by atoms with Gasteiger partial charge in [-0.25, -0.2) is 0 Å². The van der Waals surface area contributed by atoms with Crippen LogP contribution in [0.4, 0.5) is 0 Å². The summed E-state index contributed by atoms with van der Waals surface area (Å²) in [6.45, 7) is 11.1. The summed E-state index contributed by atoms with van der Waals surface area (Å²) in [7, 11) is 2.27. The Hall–Kier alpha value is -0.560. The summed E-state index contributed by atoms with van der Waals surface area (Å²) >= 11 is 0. The maximum absolute atomic E-state index is 4.11. The van der Waals surface area contributed by atoms with E-state index in [4.69, 9.17) is 0 Å². The van der Waals surface area contributed by atoms with Crippen molar-refractivity contribution in [3.8, 4) is 0 Å². The molecule has 1 heteroatoms. The molecule has 1 rings (SSSR count). The third-order valence-corrected chi connectivity index (χ3v) is 5.77. The molecule has 0 bridgehead atoms. The van der Waals surface area contributed by atoms with Gasteiger partial charge in [-0.1, -0.05) is 69.6 Å². The van der Waals surface area contributed by atoms with Gasteiger partial charge < -0.3 is 4.90 Å². The van der Waals surface area contributed by atoms with Crippen LogP contribution in [-0.2, 0) is 0 Å². The Morgan fingerprint density at radius 1 is 1.08 bits per heavy atom. The summed E-state index contributed by atoms with van der Waals surface area (Å²) < 4.78 is 0. The molecule has 1 aliphatic rings. The summed E-state index contributed by atoms with van der Waals surface area (Å²) in [5, 5.41) is 0. The van der Waals surface area contributed by atoms with Crippen LogP contribution < -0.4 is 0 Å². The lowest BCUT2D eigenvalue weighted by Gasteiger charge is -2.25. The van der Waals surface area contributed by atoms with Gasteiger partial charge in [-0.2, -0.15) is 0 Å². The average Bonchev–Trinajstić information content (AvgIpc) is 2.68. The van der Waals surface area contributed by atoms with Gasteiger partial charge in [0.1, 0.15) is 0 Å². The van der Waals surface area contributed by atoms with Crippen molar-refractivity contribution < 1.29 is 0 Å². The summed E-state index contributed by atoms with van der Waals surface area (Å²) in [4.78, 5) is 2.50. The molecule has 2 atom stereocenters. The number of nitrogens with zero attached hydrogens (tertiary/aromatic N) is 1. The van der Waals surface area contributed by atoms with Gasteiger partial charge in [-0.15, -0.1) is 6.58 Å². The molecule has 1 aliphatic heterocycles. The molecule has 0 N–H and O–H groups in total. The molecule has 0 amide bonds. The van der Waals surface area contributed by atoms with Crippen LogP contribution in [-0.4, -0.2) is 25.0 Å². The molecule has 1 nitrogen and oxygen atoms in total. The first kappa shape index (κ1) is 21.5. The second-order valence-electron chi connectivity index (χ2n) is 7.92. The fourth-order valence-corrected chi connectivity index (χ4v) is 4.20. The van der Waals surface area contributed by atoms with Crippen LogP contribution in [0.15, 0.2) is 24.3 Å². The lowest BCUT2D eigenvalue weighted by atomic mass is 9.83. The third kappa shape index (κ3) is 9.06. The normalized spacial score (nSPS) is 24.2. The lowest BCUT2D eigenvalue weighted by Crippen LogP contribution is -2.26. The Kier molecular flexibility index (Phi) is 12.3. The van der Waals surface area contributed by atoms with E-state index in [1.807, 2.05) is 0 Å². The topological polar surface area (TPSA) is 3.24 Å². The first-order valence-corrected chi connectivity index (χ1v) is 10.7. The molecule has 140 valence electrons. The van der Waals surface area contributed by atoms with Crippen molar-refractivity contribution in [3.63, 3.8) is 0 Å². The molecule has 0 radical (unpaired) electrons. The van der Waals surface area contributed by atoms with Gasteiger partial charge in [0.2, 0.25) is 0 Å². The molecule has 0 saturated carbocycles. The van der Waals surface area contributed by atoms with Crippen LogP contribution in [0, 0.1) is 11.8 Å². The van der Waals surface area contributed by atoms with E-state index >= 15 is 0 Å². The van der Waals surface area contributed by atoms with Gasteiger partial charge in [0.15, 0.2) is 0 Å². The molecule has 0 spiro atoms. The van der Waals surface area contributed by atoms with Gasteiger partial charge in [0, 0.05) is 6.54 Å². The van der Waals surface area contributed by atoms with Crippen LogP contribution in [0.1, 0.15) is 90.9 Å². The molecular weight excluding hydrogens is 290 g/mol. The van der Waals surface area contributed by atoms with Crippen molar-refractivity contribution in [1.82, 2.24) is 4.90 Å². The van der Waals surface area contributed by atoms with E-state index in [0.717, 1.165) is 5.92 Å².